The second kappa shape index (κ2) is 9.99. The fourth-order valence-corrected chi connectivity index (χ4v) is 2.45. The summed E-state index contributed by atoms with van der Waals surface area (Å²) in [6.45, 7) is 0. The van der Waals surface area contributed by atoms with Crippen LogP contribution in [0.5, 0.6) is 5.88 Å². The third-order valence-corrected chi connectivity index (χ3v) is 4.07. The number of rotatable bonds is 5. The van der Waals surface area contributed by atoms with E-state index in [4.69, 9.17) is 16.6 Å². The lowest BCUT2D eigenvalue weighted by atomic mass is 10.1. The molecule has 0 saturated heterocycles. The number of aromatic hydroxyl groups is 1. The lowest BCUT2D eigenvalue weighted by molar-refractivity contribution is -0.119. The Morgan fingerprint density at radius 2 is 1.66 bits per heavy atom. The van der Waals surface area contributed by atoms with Crippen molar-refractivity contribution in [1.82, 2.24) is 14.4 Å². The molecule has 6 N–H and O–H groups in total. The number of hydrogen-bond acceptors (Lipinski definition) is 10. The Morgan fingerprint density at radius 1 is 1.06 bits per heavy atom. The van der Waals surface area contributed by atoms with E-state index in [9.17, 15) is 24.3 Å². The number of carbonyl (C=O) groups excluding carboxylic acids is 3. The highest BCUT2D eigenvalue weighted by Gasteiger charge is 2.19. The van der Waals surface area contributed by atoms with E-state index < -0.39 is 29.9 Å². The Morgan fingerprint density at radius 3 is 2.16 bits per heavy atom. The first-order valence-electron chi connectivity index (χ1n) is 8.73. The van der Waals surface area contributed by atoms with Gasteiger partial charge in [-0.3, -0.25) is 4.79 Å². The number of benzene rings is 1. The number of methoxy groups -OCH3 is 2. The fraction of sp³-hybridized carbons (Fsp3) is 0.158. The van der Waals surface area contributed by atoms with Crippen LogP contribution >= 0.6 is 0 Å². The molecule has 13 nitrogen and oxygen atoms in total. The number of esters is 2. The third-order valence-electron chi connectivity index (χ3n) is 4.07. The molecule has 0 bridgehead atoms. The molecule has 1 amide bonds. The maximum atomic E-state index is 11.4. The van der Waals surface area contributed by atoms with E-state index in [0.29, 0.717) is 11.1 Å². The molecule has 2 heterocycles. The van der Waals surface area contributed by atoms with Gasteiger partial charge in [0.05, 0.1) is 26.0 Å². The highest BCUT2D eigenvalue weighted by Crippen LogP contribution is 2.16. The monoisotopic (exact) mass is 445 g/mol. The van der Waals surface area contributed by atoms with E-state index >= 15 is 0 Å². The number of ether oxygens (including phenoxy) is 2. The number of aromatic carboxylic acids is 1. The molecule has 168 valence electrons. The number of carboxylic acids is 1. The zero-order valence-electron chi connectivity index (χ0n) is 16.9. The predicted molar refractivity (Wildman–Crippen MR) is 107 cm³/mol. The highest BCUT2D eigenvalue weighted by atomic mass is 16.5. The largest absolute Gasteiger partial charge is 0.493 e. The van der Waals surface area contributed by atoms with Gasteiger partial charge in [-0.05, 0) is 17.7 Å². The molecule has 3 aromatic rings. The van der Waals surface area contributed by atoms with Crippen LogP contribution in [0.1, 0.15) is 42.9 Å². The van der Waals surface area contributed by atoms with E-state index in [-0.39, 0.29) is 23.0 Å². The summed E-state index contributed by atoms with van der Waals surface area (Å²) in [6, 6.07) is 6.36. The van der Waals surface area contributed by atoms with Gasteiger partial charge in [0.2, 0.25) is 17.6 Å². The Balaban J connectivity index is 0.000000229. The maximum Gasteiger partial charge on any atom is 0.355 e. The van der Waals surface area contributed by atoms with Crippen LogP contribution in [-0.2, 0) is 14.3 Å². The minimum atomic E-state index is -1.31. The number of fused-ring (bicyclic) bond motifs is 1. The molecule has 0 aliphatic heterocycles. The minimum absolute atomic E-state index is 0.0946. The zero-order valence-corrected chi connectivity index (χ0v) is 16.9. The summed E-state index contributed by atoms with van der Waals surface area (Å²) in [5.74, 6) is -3.57. The third kappa shape index (κ3) is 5.14. The molecule has 0 radical (unpaired) electrons. The molecule has 1 atom stereocenters. The summed E-state index contributed by atoms with van der Waals surface area (Å²) < 4.78 is 10.0. The van der Waals surface area contributed by atoms with Crippen LogP contribution in [0, 0.1) is 0 Å². The number of carboxylic acid groups (broad SMARTS) is 1. The zero-order chi connectivity index (χ0) is 24.0. The number of aromatic nitrogens is 3. The van der Waals surface area contributed by atoms with Gasteiger partial charge in [-0.2, -0.15) is 0 Å². The number of nitrogens with two attached hydrogens (primary N) is 2. The topological polar surface area (TPSA) is 209 Å². The van der Waals surface area contributed by atoms with Crippen LogP contribution < -0.4 is 11.5 Å². The molecule has 0 spiro atoms. The number of carbonyl (C=O) groups is 4. The van der Waals surface area contributed by atoms with Crippen LogP contribution in [-0.4, -0.2) is 62.6 Å². The van der Waals surface area contributed by atoms with Crippen molar-refractivity contribution in [1.29, 1.82) is 0 Å². The van der Waals surface area contributed by atoms with Gasteiger partial charge >= 0.3 is 17.9 Å². The van der Waals surface area contributed by atoms with Crippen LogP contribution in [0.15, 0.2) is 36.5 Å². The van der Waals surface area contributed by atoms with E-state index in [2.05, 4.69) is 19.4 Å². The summed E-state index contributed by atoms with van der Waals surface area (Å²) in [4.78, 5) is 51.4. The van der Waals surface area contributed by atoms with E-state index in [0.717, 1.165) is 23.8 Å². The van der Waals surface area contributed by atoms with E-state index in [1.54, 1.807) is 12.1 Å². The number of imidazole rings is 1. The second-order valence-corrected chi connectivity index (χ2v) is 6.07. The average molecular weight is 445 g/mol. The Hall–Kier alpha value is -4.52. The van der Waals surface area contributed by atoms with Gasteiger partial charge < -0.3 is 31.2 Å². The van der Waals surface area contributed by atoms with Gasteiger partial charge in [-0.25, -0.2) is 28.8 Å². The van der Waals surface area contributed by atoms with Crippen LogP contribution in [0.25, 0.3) is 5.78 Å². The summed E-state index contributed by atoms with van der Waals surface area (Å²) in [5.41, 5.74) is 11.0. The van der Waals surface area contributed by atoms with Gasteiger partial charge in [0.1, 0.15) is 11.7 Å². The van der Waals surface area contributed by atoms with Crippen molar-refractivity contribution >= 4 is 29.6 Å². The number of primary amides is 1. The smallest absolute Gasteiger partial charge is 0.355 e. The first-order chi connectivity index (χ1) is 15.1. The Bertz CT molecular complexity index is 1170. The van der Waals surface area contributed by atoms with Crippen molar-refractivity contribution < 1.29 is 38.9 Å². The highest BCUT2D eigenvalue weighted by molar-refractivity contribution is 5.93. The lowest BCUT2D eigenvalue weighted by Crippen LogP contribution is -2.28. The average Bonchev–Trinajstić information content (AvgIpc) is 3.18. The molecular weight excluding hydrogens is 426 g/mol. The second-order valence-electron chi connectivity index (χ2n) is 6.07. The normalized spacial score (nSPS) is 11.1. The summed E-state index contributed by atoms with van der Waals surface area (Å²) in [7, 11) is 2.44. The molecule has 0 saturated carbocycles. The van der Waals surface area contributed by atoms with Crippen molar-refractivity contribution in [2.24, 2.45) is 11.5 Å². The van der Waals surface area contributed by atoms with Gasteiger partial charge in [-0.15, -0.1) is 0 Å². The van der Waals surface area contributed by atoms with Crippen molar-refractivity contribution in [3.63, 3.8) is 0 Å². The molecule has 3 rings (SSSR count). The van der Waals surface area contributed by atoms with Crippen molar-refractivity contribution in [3.05, 3.63) is 59.0 Å². The van der Waals surface area contributed by atoms with Gasteiger partial charge in [0.15, 0.2) is 5.69 Å². The molecule has 2 aromatic heterocycles. The number of hydrogen-bond donors (Lipinski definition) is 4. The van der Waals surface area contributed by atoms with Crippen molar-refractivity contribution in [2.45, 2.75) is 6.04 Å². The quantitative estimate of drug-likeness (QED) is 0.380. The van der Waals surface area contributed by atoms with E-state index in [1.165, 1.54) is 19.2 Å². The van der Waals surface area contributed by atoms with Crippen LogP contribution in [0.4, 0.5) is 0 Å². The number of amides is 1. The van der Waals surface area contributed by atoms with Gasteiger partial charge in [-0.1, -0.05) is 12.1 Å². The Kier molecular flexibility index (Phi) is 7.42. The standard InChI is InChI=1S/C10H12N2O3.C9H7N3O5/c1-15-10(14)7-4-2-6(3-5-7)8(11)9(12)13;1-17-8(16)5-2-4(7(14)15)11-9-10-3-6(13)12(5)9/h2-5,8H,11H2,1H3,(H2,12,13);2-3,13H,1H3,(H,14,15)/t8-;/m1./s1. The van der Waals surface area contributed by atoms with E-state index in [1.807, 2.05) is 0 Å². The summed E-state index contributed by atoms with van der Waals surface area (Å²) in [5, 5.41) is 18.3. The SMILES string of the molecule is COC(=O)c1cc(C(=O)O)nc2ncc(O)n12.COC(=O)c1ccc([C@@H](N)C(N)=O)cc1. The molecule has 13 heteroatoms. The lowest BCUT2D eigenvalue weighted by Gasteiger charge is -2.07. The molecular formula is C19H19N5O8. The molecule has 1 aromatic carbocycles. The first-order valence-corrected chi connectivity index (χ1v) is 8.73. The number of nitrogens with zero attached hydrogens (tertiary/aromatic N) is 3. The molecule has 0 unspecified atom stereocenters. The first kappa shape index (κ1) is 23.8. The molecule has 0 fully saturated rings. The van der Waals surface area contributed by atoms with Gasteiger partial charge in [0, 0.05) is 6.07 Å². The van der Waals surface area contributed by atoms with Crippen molar-refractivity contribution in [2.75, 3.05) is 14.2 Å². The maximum absolute atomic E-state index is 11.4. The fourth-order valence-electron chi connectivity index (χ4n) is 2.45. The molecule has 0 aliphatic rings. The minimum Gasteiger partial charge on any atom is -0.493 e. The molecule has 32 heavy (non-hydrogen) atoms. The van der Waals surface area contributed by atoms with Crippen LogP contribution in [0.3, 0.4) is 0 Å². The summed E-state index contributed by atoms with van der Waals surface area (Å²) >= 11 is 0. The van der Waals surface area contributed by atoms with Gasteiger partial charge in [0.25, 0.3) is 0 Å². The molecule has 0 aliphatic carbocycles. The Labute approximate surface area is 180 Å². The summed E-state index contributed by atoms with van der Waals surface area (Å²) in [6.07, 6.45) is 1.06. The van der Waals surface area contributed by atoms with Crippen molar-refractivity contribution in [3.8, 4) is 5.88 Å². The van der Waals surface area contributed by atoms with Crippen LogP contribution in [0.2, 0.25) is 0 Å². The predicted octanol–water partition coefficient (Wildman–Crippen LogP) is -0.122.